The molecule has 2 nitrogen and oxygen atoms in total. The van der Waals surface area contributed by atoms with Crippen molar-refractivity contribution >= 4 is 33.9 Å². The standard InChI is InChI=1S/C14H13IO2S/c1-12-7-9-14(10-8-12)18(16,17)11-15-13-5-3-2-4-6-13/h2-11H,1H3. The summed E-state index contributed by atoms with van der Waals surface area (Å²) in [4.78, 5) is 0.378. The van der Waals surface area contributed by atoms with E-state index in [-0.39, 0.29) is 0 Å². The van der Waals surface area contributed by atoms with Gasteiger partial charge in [0.05, 0.1) is 8.24 Å². The maximum atomic E-state index is 12.1. The second kappa shape index (κ2) is 5.75. The summed E-state index contributed by atoms with van der Waals surface area (Å²) in [6.45, 7) is 1.94. The summed E-state index contributed by atoms with van der Waals surface area (Å²) >= 11 is -0.610. The van der Waals surface area contributed by atoms with Gasteiger partial charge in [-0.1, -0.05) is 56.6 Å². The van der Waals surface area contributed by atoms with Gasteiger partial charge >= 0.3 is 0 Å². The molecule has 0 aromatic heterocycles. The van der Waals surface area contributed by atoms with Crippen LogP contribution in [0.25, 0.3) is 0 Å². The number of hydrogen-bond acceptors (Lipinski definition) is 2. The molecule has 0 aliphatic carbocycles. The molecular weight excluding hydrogens is 359 g/mol. The van der Waals surface area contributed by atoms with Gasteiger partial charge in [-0.15, -0.1) is 0 Å². The lowest BCUT2D eigenvalue weighted by Crippen LogP contribution is -2.00. The van der Waals surface area contributed by atoms with Crippen LogP contribution in [0.5, 0.6) is 0 Å². The van der Waals surface area contributed by atoms with Crippen LogP contribution in [0.2, 0.25) is 0 Å². The summed E-state index contributed by atoms with van der Waals surface area (Å²) in [6.07, 6.45) is 0. The molecule has 0 heterocycles. The molecule has 0 aliphatic heterocycles. The van der Waals surface area contributed by atoms with Gasteiger partial charge in [-0.2, -0.15) is 0 Å². The molecule has 2 rings (SSSR count). The van der Waals surface area contributed by atoms with Crippen LogP contribution in [0.3, 0.4) is 0 Å². The van der Waals surface area contributed by atoms with Gasteiger partial charge in [-0.3, -0.25) is 0 Å². The first kappa shape index (κ1) is 13.4. The number of halogens is 1. The minimum Gasteiger partial charge on any atom is -0.219 e. The zero-order valence-electron chi connectivity index (χ0n) is 9.88. The van der Waals surface area contributed by atoms with E-state index in [0.717, 1.165) is 9.13 Å². The Morgan fingerprint density at radius 2 is 1.56 bits per heavy atom. The van der Waals surface area contributed by atoms with E-state index in [1.807, 2.05) is 49.4 Å². The predicted molar refractivity (Wildman–Crippen MR) is 83.6 cm³/mol. The van der Waals surface area contributed by atoms with Gasteiger partial charge in [-0.05, 0) is 31.2 Å². The molecule has 0 amide bonds. The summed E-state index contributed by atoms with van der Waals surface area (Å²) in [5.41, 5.74) is 1.06. The van der Waals surface area contributed by atoms with E-state index < -0.39 is 30.6 Å². The molecule has 0 radical (unpaired) electrons. The molecule has 0 N–H and O–H groups in total. The fraction of sp³-hybridized carbons (Fsp3) is 0.0714. The molecule has 0 atom stereocenters. The monoisotopic (exact) mass is 372 g/mol. The number of aryl methyl sites for hydroxylation is 1. The molecule has 0 fully saturated rings. The minimum absolute atomic E-state index is 0.378. The number of hydrogen-bond donors (Lipinski definition) is 0. The van der Waals surface area contributed by atoms with Crippen LogP contribution in [0.15, 0.2) is 59.5 Å². The average molecular weight is 372 g/mol. The zero-order valence-corrected chi connectivity index (χ0v) is 12.9. The van der Waals surface area contributed by atoms with Crippen molar-refractivity contribution in [2.75, 3.05) is 0 Å². The highest BCUT2D eigenvalue weighted by Gasteiger charge is 2.09. The van der Waals surface area contributed by atoms with Gasteiger partial charge in [0.2, 0.25) is 9.84 Å². The average Bonchev–Trinajstić information content (AvgIpc) is 2.38. The number of rotatable bonds is 3. The fourth-order valence-corrected chi connectivity index (χ4v) is 5.81. The third kappa shape index (κ3) is 3.49. The van der Waals surface area contributed by atoms with Gasteiger partial charge in [0.25, 0.3) is 0 Å². The lowest BCUT2D eigenvalue weighted by atomic mass is 10.2. The smallest absolute Gasteiger partial charge is 0.205 e. The van der Waals surface area contributed by atoms with Gasteiger partial charge in [0.15, 0.2) is 0 Å². The maximum Gasteiger partial charge on any atom is 0.205 e. The van der Waals surface area contributed by atoms with E-state index in [2.05, 4.69) is 0 Å². The predicted octanol–water partition coefficient (Wildman–Crippen LogP) is 3.37. The maximum absolute atomic E-state index is 12.1. The van der Waals surface area contributed by atoms with Crippen molar-refractivity contribution in [3.05, 3.63) is 63.7 Å². The highest BCUT2D eigenvalue weighted by Crippen LogP contribution is 2.16. The molecule has 0 bridgehead atoms. The molecule has 18 heavy (non-hydrogen) atoms. The summed E-state index contributed by atoms with van der Waals surface area (Å²) in [5.74, 6) is 0. The van der Waals surface area contributed by atoms with Crippen molar-refractivity contribution in [2.24, 2.45) is 0 Å². The van der Waals surface area contributed by atoms with Crippen LogP contribution in [0, 0.1) is 10.5 Å². The molecule has 4 heteroatoms. The zero-order chi connectivity index (χ0) is 13.0. The lowest BCUT2D eigenvalue weighted by Gasteiger charge is -1.99. The molecule has 0 saturated carbocycles. The summed E-state index contributed by atoms with van der Waals surface area (Å²) in [6, 6.07) is 16.7. The van der Waals surface area contributed by atoms with Crippen LogP contribution in [-0.2, 0) is 9.84 Å². The Morgan fingerprint density at radius 1 is 0.944 bits per heavy atom. The first-order chi connectivity index (χ1) is 8.58. The van der Waals surface area contributed by atoms with Crippen LogP contribution >= 0.6 is 20.7 Å². The molecule has 2 aromatic carbocycles. The van der Waals surface area contributed by atoms with Crippen molar-refractivity contribution in [3.63, 3.8) is 0 Å². The molecular formula is C14H13IO2S. The third-order valence-corrected chi connectivity index (χ3v) is 7.83. The van der Waals surface area contributed by atoms with E-state index in [9.17, 15) is 8.42 Å². The van der Waals surface area contributed by atoms with Gasteiger partial charge in [-0.25, -0.2) is 8.42 Å². The Labute approximate surface area is 117 Å². The van der Waals surface area contributed by atoms with E-state index in [1.165, 1.54) is 3.34 Å². The molecule has 0 aliphatic rings. The minimum atomic E-state index is -3.25. The highest BCUT2D eigenvalue weighted by atomic mass is 127. The second-order valence-electron chi connectivity index (χ2n) is 3.85. The number of benzene rings is 2. The first-order valence-electron chi connectivity index (χ1n) is 5.41. The van der Waals surface area contributed by atoms with Crippen molar-refractivity contribution in [1.29, 1.82) is 0 Å². The molecule has 0 spiro atoms. The van der Waals surface area contributed by atoms with Crippen LogP contribution in [-0.4, -0.2) is 11.8 Å². The summed E-state index contributed by atoms with van der Waals surface area (Å²) in [7, 11) is -3.25. The van der Waals surface area contributed by atoms with Crippen LogP contribution < -0.4 is 0 Å². The van der Waals surface area contributed by atoms with Crippen molar-refractivity contribution in [2.45, 2.75) is 11.8 Å². The molecule has 94 valence electrons. The Balaban J connectivity index is 2.28. The first-order valence-corrected chi connectivity index (χ1v) is 9.28. The normalized spacial score (nSPS) is 12.3. The van der Waals surface area contributed by atoms with E-state index in [4.69, 9.17) is 0 Å². The summed E-state index contributed by atoms with van der Waals surface area (Å²) < 4.78 is 26.8. The van der Waals surface area contributed by atoms with Crippen LogP contribution in [0.1, 0.15) is 5.56 Å². The molecule has 0 unspecified atom stereocenters. The number of sulfone groups is 1. The Morgan fingerprint density at radius 3 is 2.17 bits per heavy atom. The van der Waals surface area contributed by atoms with Crippen molar-refractivity contribution in [1.82, 2.24) is 0 Å². The van der Waals surface area contributed by atoms with E-state index in [1.54, 1.807) is 12.1 Å². The third-order valence-electron chi connectivity index (χ3n) is 2.37. The topological polar surface area (TPSA) is 34.1 Å². The van der Waals surface area contributed by atoms with Crippen molar-refractivity contribution in [3.8, 4) is 0 Å². The van der Waals surface area contributed by atoms with Gasteiger partial charge < -0.3 is 0 Å². The SMILES string of the molecule is Cc1ccc(S(=O)(=O)C=Ic2ccccc2)cc1. The lowest BCUT2D eigenvalue weighted by molar-refractivity contribution is 0.608. The van der Waals surface area contributed by atoms with Crippen LogP contribution in [0.4, 0.5) is 0 Å². The Kier molecular flexibility index (Phi) is 4.29. The quantitative estimate of drug-likeness (QED) is 0.775. The molecule has 2 aromatic rings. The largest absolute Gasteiger partial charge is 0.219 e. The second-order valence-corrected chi connectivity index (χ2v) is 8.99. The molecule has 0 saturated heterocycles. The highest BCUT2D eigenvalue weighted by molar-refractivity contribution is 14.2. The Bertz CT molecular complexity index is 644. The fourth-order valence-electron chi connectivity index (χ4n) is 1.38. The van der Waals surface area contributed by atoms with E-state index >= 15 is 0 Å². The Hall–Kier alpha value is -1.01. The summed E-state index contributed by atoms with van der Waals surface area (Å²) in [5, 5.41) is 0. The van der Waals surface area contributed by atoms with Crippen molar-refractivity contribution < 1.29 is 8.42 Å². The van der Waals surface area contributed by atoms with E-state index in [0.29, 0.717) is 4.90 Å². The van der Waals surface area contributed by atoms with Gasteiger partial charge in [0.1, 0.15) is 0 Å². The van der Waals surface area contributed by atoms with Gasteiger partial charge in [0, 0.05) is 3.57 Å².